The quantitative estimate of drug-likeness (QED) is 0.760. The number of likely N-dealkylation sites (tertiary alicyclic amines) is 1. The van der Waals surface area contributed by atoms with Crippen LogP contribution in [0.1, 0.15) is 30.1 Å². The van der Waals surface area contributed by atoms with Gasteiger partial charge in [-0.3, -0.25) is 4.79 Å². The van der Waals surface area contributed by atoms with Crippen molar-refractivity contribution in [2.45, 2.75) is 32.0 Å². The summed E-state index contributed by atoms with van der Waals surface area (Å²) < 4.78 is 5.89. The number of hydrogen-bond acceptors (Lipinski definition) is 2. The van der Waals surface area contributed by atoms with Gasteiger partial charge in [0.05, 0.1) is 12.2 Å². The lowest BCUT2D eigenvalue weighted by Crippen LogP contribution is -2.45. The largest absolute Gasteiger partial charge is 0.373 e. The molecule has 2 fully saturated rings. The molecule has 18 heavy (non-hydrogen) atoms. The normalized spacial score (nSPS) is 31.2. The number of piperidine rings is 1. The van der Waals surface area contributed by atoms with Gasteiger partial charge in [-0.05, 0) is 37.8 Å². The van der Waals surface area contributed by atoms with E-state index in [9.17, 15) is 4.79 Å². The molecule has 0 radical (unpaired) electrons. The summed E-state index contributed by atoms with van der Waals surface area (Å²) in [7, 11) is 0. The second kappa shape index (κ2) is 4.73. The van der Waals surface area contributed by atoms with Crippen LogP contribution in [0.2, 0.25) is 0 Å². The molecule has 0 N–H and O–H groups in total. The number of nitrogens with zero attached hydrogens (tertiary/aromatic N) is 1. The molecule has 96 valence electrons. The first kappa shape index (κ1) is 11.7. The van der Waals surface area contributed by atoms with Gasteiger partial charge in [0.1, 0.15) is 0 Å². The molecule has 2 aliphatic heterocycles. The number of hydrogen-bond donors (Lipinski definition) is 0. The van der Waals surface area contributed by atoms with Crippen molar-refractivity contribution in [3.8, 4) is 0 Å². The average molecular weight is 245 g/mol. The molecule has 2 saturated heterocycles. The Morgan fingerprint density at radius 3 is 2.89 bits per heavy atom. The first-order valence-electron chi connectivity index (χ1n) is 6.74. The first-order chi connectivity index (χ1) is 8.74. The van der Waals surface area contributed by atoms with Gasteiger partial charge < -0.3 is 9.64 Å². The zero-order valence-electron chi connectivity index (χ0n) is 10.7. The van der Waals surface area contributed by atoms with Crippen LogP contribution in [-0.2, 0) is 4.74 Å². The van der Waals surface area contributed by atoms with Crippen molar-refractivity contribution in [3.05, 3.63) is 35.9 Å². The molecule has 0 unspecified atom stereocenters. The molecule has 3 atom stereocenters. The number of ether oxygens (including phenoxy) is 1. The Bertz CT molecular complexity index is 431. The van der Waals surface area contributed by atoms with E-state index in [1.54, 1.807) is 0 Å². The van der Waals surface area contributed by atoms with Crippen molar-refractivity contribution in [3.63, 3.8) is 0 Å². The maximum absolute atomic E-state index is 12.3. The SMILES string of the molecule is C[C@@H]1C[C@H]2CCN(C(=O)c3ccccc3)C[C@@H]2O1. The van der Waals surface area contributed by atoms with Gasteiger partial charge in [-0.2, -0.15) is 0 Å². The minimum Gasteiger partial charge on any atom is -0.373 e. The Kier molecular flexibility index (Phi) is 3.08. The summed E-state index contributed by atoms with van der Waals surface area (Å²) >= 11 is 0. The predicted octanol–water partition coefficient (Wildman–Crippen LogP) is 2.33. The van der Waals surface area contributed by atoms with Gasteiger partial charge in [0.25, 0.3) is 5.91 Å². The van der Waals surface area contributed by atoms with Crippen LogP contribution in [0.4, 0.5) is 0 Å². The number of benzene rings is 1. The van der Waals surface area contributed by atoms with Gasteiger partial charge >= 0.3 is 0 Å². The third-order valence-electron chi connectivity index (χ3n) is 4.05. The molecule has 3 nitrogen and oxygen atoms in total. The summed E-state index contributed by atoms with van der Waals surface area (Å²) in [4.78, 5) is 14.3. The molecule has 1 amide bonds. The average Bonchev–Trinajstić information content (AvgIpc) is 2.78. The van der Waals surface area contributed by atoms with E-state index >= 15 is 0 Å². The molecule has 0 saturated carbocycles. The van der Waals surface area contributed by atoms with Crippen LogP contribution in [0.5, 0.6) is 0 Å². The summed E-state index contributed by atoms with van der Waals surface area (Å²) in [6, 6.07) is 9.52. The molecule has 1 aromatic carbocycles. The smallest absolute Gasteiger partial charge is 0.253 e. The van der Waals surface area contributed by atoms with Crippen molar-refractivity contribution in [1.29, 1.82) is 0 Å². The molecule has 3 rings (SSSR count). The monoisotopic (exact) mass is 245 g/mol. The standard InChI is InChI=1S/C15H19NO2/c1-11-9-13-7-8-16(10-14(13)18-11)15(17)12-5-3-2-4-6-12/h2-6,11,13-14H,7-10H2,1H3/t11-,13-,14+/m1/s1. The molecule has 3 heteroatoms. The van der Waals surface area contributed by atoms with E-state index < -0.39 is 0 Å². The summed E-state index contributed by atoms with van der Waals surface area (Å²) in [5, 5.41) is 0. The molecule has 0 bridgehead atoms. The van der Waals surface area contributed by atoms with Crippen LogP contribution < -0.4 is 0 Å². The minimum atomic E-state index is 0.136. The first-order valence-corrected chi connectivity index (χ1v) is 6.74. The number of fused-ring (bicyclic) bond motifs is 1. The minimum absolute atomic E-state index is 0.136. The second-order valence-electron chi connectivity index (χ2n) is 5.39. The Morgan fingerprint density at radius 1 is 1.33 bits per heavy atom. The third kappa shape index (κ3) is 2.15. The molecule has 1 aromatic rings. The van der Waals surface area contributed by atoms with Crippen molar-refractivity contribution in [1.82, 2.24) is 4.90 Å². The maximum atomic E-state index is 12.3. The summed E-state index contributed by atoms with van der Waals surface area (Å²) in [6.45, 7) is 3.75. The molecular weight excluding hydrogens is 226 g/mol. The van der Waals surface area contributed by atoms with Gasteiger partial charge in [0.15, 0.2) is 0 Å². The van der Waals surface area contributed by atoms with Crippen molar-refractivity contribution in [2.24, 2.45) is 5.92 Å². The van der Waals surface area contributed by atoms with Gasteiger partial charge in [-0.15, -0.1) is 0 Å². The van der Waals surface area contributed by atoms with E-state index in [1.807, 2.05) is 35.2 Å². The fraction of sp³-hybridized carbons (Fsp3) is 0.533. The second-order valence-corrected chi connectivity index (χ2v) is 5.39. The highest BCUT2D eigenvalue weighted by atomic mass is 16.5. The molecule has 2 aliphatic rings. The van der Waals surface area contributed by atoms with Crippen LogP contribution in [0, 0.1) is 5.92 Å². The lowest BCUT2D eigenvalue weighted by molar-refractivity contribution is 0.00157. The van der Waals surface area contributed by atoms with E-state index in [-0.39, 0.29) is 12.0 Å². The van der Waals surface area contributed by atoms with Crippen LogP contribution >= 0.6 is 0 Å². The lowest BCUT2D eigenvalue weighted by atomic mass is 9.92. The highest BCUT2D eigenvalue weighted by Gasteiger charge is 2.38. The Balaban J connectivity index is 1.70. The number of carbonyl (C=O) groups excluding carboxylic acids is 1. The summed E-state index contributed by atoms with van der Waals surface area (Å²) in [5.41, 5.74) is 0.780. The van der Waals surface area contributed by atoms with Crippen LogP contribution in [-0.4, -0.2) is 36.1 Å². The van der Waals surface area contributed by atoms with Gasteiger partial charge in [0, 0.05) is 18.7 Å². The molecular formula is C15H19NO2. The topological polar surface area (TPSA) is 29.5 Å². The van der Waals surface area contributed by atoms with Crippen LogP contribution in [0.25, 0.3) is 0 Å². The number of rotatable bonds is 1. The van der Waals surface area contributed by atoms with E-state index in [2.05, 4.69) is 6.92 Å². The predicted molar refractivity (Wildman–Crippen MR) is 69.4 cm³/mol. The summed E-state index contributed by atoms with van der Waals surface area (Å²) in [6.07, 6.45) is 2.83. The highest BCUT2D eigenvalue weighted by Crippen LogP contribution is 2.33. The van der Waals surface area contributed by atoms with Crippen molar-refractivity contribution >= 4 is 5.91 Å². The fourth-order valence-electron chi connectivity index (χ4n) is 3.12. The summed E-state index contributed by atoms with van der Waals surface area (Å²) in [5.74, 6) is 0.789. The Morgan fingerprint density at radius 2 is 2.11 bits per heavy atom. The van der Waals surface area contributed by atoms with Gasteiger partial charge in [-0.25, -0.2) is 0 Å². The zero-order chi connectivity index (χ0) is 12.5. The van der Waals surface area contributed by atoms with E-state index in [0.29, 0.717) is 12.0 Å². The van der Waals surface area contributed by atoms with Crippen molar-refractivity contribution in [2.75, 3.05) is 13.1 Å². The zero-order valence-corrected chi connectivity index (χ0v) is 10.7. The number of carbonyl (C=O) groups is 1. The fourth-order valence-corrected chi connectivity index (χ4v) is 3.12. The molecule has 0 aliphatic carbocycles. The highest BCUT2D eigenvalue weighted by molar-refractivity contribution is 5.94. The van der Waals surface area contributed by atoms with E-state index in [0.717, 1.165) is 31.5 Å². The van der Waals surface area contributed by atoms with E-state index in [4.69, 9.17) is 4.74 Å². The van der Waals surface area contributed by atoms with E-state index in [1.165, 1.54) is 0 Å². The number of amides is 1. The Labute approximate surface area is 108 Å². The maximum Gasteiger partial charge on any atom is 0.253 e. The van der Waals surface area contributed by atoms with Crippen LogP contribution in [0.15, 0.2) is 30.3 Å². The van der Waals surface area contributed by atoms with Crippen LogP contribution in [0.3, 0.4) is 0 Å². The Hall–Kier alpha value is -1.35. The molecule has 0 aromatic heterocycles. The van der Waals surface area contributed by atoms with Crippen molar-refractivity contribution < 1.29 is 9.53 Å². The third-order valence-corrected chi connectivity index (χ3v) is 4.05. The molecule has 2 heterocycles. The molecule has 0 spiro atoms. The van der Waals surface area contributed by atoms with Gasteiger partial charge in [0.2, 0.25) is 0 Å². The van der Waals surface area contributed by atoms with Gasteiger partial charge in [-0.1, -0.05) is 18.2 Å². The lowest BCUT2D eigenvalue weighted by Gasteiger charge is -2.34.